The molecule has 0 aliphatic rings. The minimum atomic E-state index is 0.460. The Hall–Kier alpha value is -1.65. The number of hydrogen-bond donors (Lipinski definition) is 1. The van der Waals surface area contributed by atoms with Crippen molar-refractivity contribution in [1.82, 2.24) is 9.97 Å². The Balaban J connectivity index is 1.89. The van der Waals surface area contributed by atoms with Crippen molar-refractivity contribution in [2.24, 2.45) is 0 Å². The van der Waals surface area contributed by atoms with Crippen LogP contribution in [0.25, 0.3) is 10.8 Å². The molecular weight excluding hydrogens is 338 g/mol. The number of aromatic nitrogens is 2. The second-order valence-corrected chi connectivity index (χ2v) is 5.64. The largest absolute Gasteiger partial charge is 0.378 e. The van der Waals surface area contributed by atoms with Crippen molar-refractivity contribution in [2.45, 2.75) is 6.54 Å². The summed E-state index contributed by atoms with van der Waals surface area (Å²) in [4.78, 5) is 8.36. The van der Waals surface area contributed by atoms with E-state index in [0.717, 1.165) is 21.1 Å². The molecule has 3 aromatic rings. The minimum absolute atomic E-state index is 0.460. The number of rotatable bonds is 3. The maximum absolute atomic E-state index is 6.07. The van der Waals surface area contributed by atoms with Crippen LogP contribution in [0.15, 0.2) is 53.4 Å². The number of nitrogens with one attached hydrogen (secondary N) is 1. The average molecular weight is 349 g/mol. The van der Waals surface area contributed by atoms with Crippen molar-refractivity contribution in [3.63, 3.8) is 0 Å². The zero-order valence-electron chi connectivity index (χ0n) is 10.5. The second kappa shape index (κ2) is 5.77. The van der Waals surface area contributed by atoms with Gasteiger partial charge >= 0.3 is 0 Å². The highest BCUT2D eigenvalue weighted by molar-refractivity contribution is 9.10. The molecule has 1 N–H and O–H groups in total. The molecule has 100 valence electrons. The fourth-order valence-electron chi connectivity index (χ4n) is 2.06. The molecule has 0 aliphatic heterocycles. The van der Waals surface area contributed by atoms with Gasteiger partial charge in [0.15, 0.2) is 5.15 Å². The van der Waals surface area contributed by atoms with E-state index < -0.39 is 0 Å². The molecule has 3 nitrogen and oxygen atoms in total. The van der Waals surface area contributed by atoms with Crippen molar-refractivity contribution in [3.05, 3.63) is 64.1 Å². The predicted molar refractivity (Wildman–Crippen MR) is 86.0 cm³/mol. The van der Waals surface area contributed by atoms with E-state index in [2.05, 4.69) is 43.3 Å². The molecule has 20 heavy (non-hydrogen) atoms. The third kappa shape index (κ3) is 2.76. The number of anilines is 1. The average Bonchev–Trinajstić information content (AvgIpc) is 2.48. The van der Waals surface area contributed by atoms with E-state index in [4.69, 9.17) is 11.6 Å². The maximum Gasteiger partial charge on any atom is 0.152 e. The zero-order valence-corrected chi connectivity index (χ0v) is 12.8. The van der Waals surface area contributed by atoms with E-state index in [1.807, 2.05) is 30.6 Å². The number of fused-ring (bicyclic) bond motifs is 1. The normalized spacial score (nSPS) is 10.7. The lowest BCUT2D eigenvalue weighted by atomic mass is 10.1. The molecule has 5 heteroatoms. The van der Waals surface area contributed by atoms with Crippen LogP contribution in [-0.4, -0.2) is 9.97 Å². The Morgan fingerprint density at radius 3 is 2.90 bits per heavy atom. The molecule has 0 radical (unpaired) electrons. The first-order chi connectivity index (χ1) is 9.74. The highest BCUT2D eigenvalue weighted by Crippen LogP contribution is 2.24. The molecule has 0 bridgehead atoms. The van der Waals surface area contributed by atoms with Gasteiger partial charge in [-0.2, -0.15) is 0 Å². The van der Waals surface area contributed by atoms with Gasteiger partial charge in [0.1, 0.15) is 0 Å². The summed E-state index contributed by atoms with van der Waals surface area (Å²) in [6, 6.07) is 10.1. The van der Waals surface area contributed by atoms with Crippen LogP contribution < -0.4 is 5.32 Å². The summed E-state index contributed by atoms with van der Waals surface area (Å²) in [6.45, 7) is 0.645. The van der Waals surface area contributed by atoms with Gasteiger partial charge in [-0.1, -0.05) is 35.9 Å². The molecule has 0 saturated carbocycles. The Kier molecular flexibility index (Phi) is 3.85. The lowest BCUT2D eigenvalue weighted by Crippen LogP contribution is -2.02. The van der Waals surface area contributed by atoms with Crippen molar-refractivity contribution >= 4 is 44.0 Å². The van der Waals surface area contributed by atoms with Crippen LogP contribution in [0.5, 0.6) is 0 Å². The summed E-state index contributed by atoms with van der Waals surface area (Å²) < 4.78 is 0.889. The Labute approximate surface area is 130 Å². The van der Waals surface area contributed by atoms with Crippen molar-refractivity contribution in [3.8, 4) is 0 Å². The summed E-state index contributed by atoms with van der Waals surface area (Å²) in [5, 5.41) is 6.08. The van der Waals surface area contributed by atoms with Crippen LogP contribution in [0, 0.1) is 0 Å². The minimum Gasteiger partial charge on any atom is -0.378 e. The van der Waals surface area contributed by atoms with E-state index in [1.54, 1.807) is 6.20 Å². The molecule has 0 fully saturated rings. The maximum atomic E-state index is 6.07. The summed E-state index contributed by atoms with van der Waals surface area (Å²) in [5.74, 6) is 0. The van der Waals surface area contributed by atoms with E-state index in [9.17, 15) is 0 Å². The molecule has 0 atom stereocenters. The molecule has 0 unspecified atom stereocenters. The first-order valence-electron chi connectivity index (χ1n) is 6.10. The molecule has 0 spiro atoms. The smallest absolute Gasteiger partial charge is 0.152 e. The molecule has 2 aromatic heterocycles. The van der Waals surface area contributed by atoms with E-state index in [1.165, 1.54) is 5.39 Å². The van der Waals surface area contributed by atoms with Crippen LogP contribution in [-0.2, 0) is 6.54 Å². The topological polar surface area (TPSA) is 37.8 Å². The van der Waals surface area contributed by atoms with Gasteiger partial charge in [-0.3, -0.25) is 4.98 Å². The Bertz CT molecular complexity index is 756. The number of nitrogens with zero attached hydrogens (tertiary/aromatic N) is 2. The summed E-state index contributed by atoms with van der Waals surface area (Å²) in [7, 11) is 0. The first-order valence-corrected chi connectivity index (χ1v) is 7.27. The number of hydrogen-bond acceptors (Lipinski definition) is 3. The fraction of sp³-hybridized carbons (Fsp3) is 0.0667. The third-order valence-electron chi connectivity index (χ3n) is 3.03. The summed E-state index contributed by atoms with van der Waals surface area (Å²) in [6.07, 6.45) is 5.41. The Morgan fingerprint density at radius 1 is 1.15 bits per heavy atom. The highest BCUT2D eigenvalue weighted by atomic mass is 79.9. The van der Waals surface area contributed by atoms with Crippen LogP contribution >= 0.6 is 27.5 Å². The Morgan fingerprint density at radius 2 is 2.00 bits per heavy atom. The summed E-state index contributed by atoms with van der Waals surface area (Å²) in [5.41, 5.74) is 1.92. The highest BCUT2D eigenvalue weighted by Gasteiger charge is 2.05. The molecule has 0 amide bonds. The van der Waals surface area contributed by atoms with Crippen LogP contribution in [0.2, 0.25) is 5.15 Å². The molecule has 2 heterocycles. The van der Waals surface area contributed by atoms with Gasteiger partial charge in [0.25, 0.3) is 0 Å². The number of halogens is 2. The molecule has 0 saturated heterocycles. The van der Waals surface area contributed by atoms with E-state index in [-0.39, 0.29) is 0 Å². The van der Waals surface area contributed by atoms with Crippen LogP contribution in [0.4, 0.5) is 5.69 Å². The van der Waals surface area contributed by atoms with Crippen molar-refractivity contribution in [2.75, 3.05) is 5.32 Å². The molecule has 0 aliphatic carbocycles. The fourth-order valence-corrected chi connectivity index (χ4v) is 2.56. The lowest BCUT2D eigenvalue weighted by molar-refractivity contribution is 1.12. The van der Waals surface area contributed by atoms with Crippen LogP contribution in [0.3, 0.4) is 0 Å². The number of pyridine rings is 2. The zero-order chi connectivity index (χ0) is 13.9. The monoisotopic (exact) mass is 347 g/mol. The van der Waals surface area contributed by atoms with Gasteiger partial charge in [-0.15, -0.1) is 0 Å². The molecular formula is C15H11BrClN3. The van der Waals surface area contributed by atoms with Gasteiger partial charge in [-0.05, 0) is 32.9 Å². The second-order valence-electron chi connectivity index (χ2n) is 4.37. The van der Waals surface area contributed by atoms with Gasteiger partial charge in [0, 0.05) is 35.0 Å². The van der Waals surface area contributed by atoms with Gasteiger partial charge in [-0.25, -0.2) is 4.98 Å². The van der Waals surface area contributed by atoms with Crippen LogP contribution in [0.1, 0.15) is 5.56 Å². The van der Waals surface area contributed by atoms with Gasteiger partial charge in [0.2, 0.25) is 0 Å². The molecule has 1 aromatic carbocycles. The van der Waals surface area contributed by atoms with Crippen molar-refractivity contribution < 1.29 is 0 Å². The summed E-state index contributed by atoms with van der Waals surface area (Å²) >= 11 is 9.46. The van der Waals surface area contributed by atoms with E-state index >= 15 is 0 Å². The van der Waals surface area contributed by atoms with Gasteiger partial charge in [0.05, 0.1) is 5.69 Å². The quantitative estimate of drug-likeness (QED) is 0.700. The molecule has 3 rings (SSSR count). The van der Waals surface area contributed by atoms with E-state index in [0.29, 0.717) is 11.7 Å². The number of benzene rings is 1. The lowest BCUT2D eigenvalue weighted by Gasteiger charge is -2.10. The first kappa shape index (κ1) is 13.3. The third-order valence-corrected chi connectivity index (χ3v) is 3.76. The predicted octanol–water partition coefficient (Wildman–Crippen LogP) is 4.66. The van der Waals surface area contributed by atoms with Crippen molar-refractivity contribution in [1.29, 1.82) is 0 Å². The standard InChI is InChI=1S/C15H11BrClN3/c16-12-5-14(15(17)20-9-12)19-8-11-7-18-6-10-3-1-2-4-13(10)11/h1-7,9,19H,8H2. The SMILES string of the molecule is Clc1ncc(Br)cc1NCc1cncc2ccccc12. The van der Waals surface area contributed by atoms with Gasteiger partial charge < -0.3 is 5.32 Å².